The number of fused-ring (bicyclic) bond motifs is 2. The Morgan fingerprint density at radius 1 is 1.21 bits per heavy atom. The summed E-state index contributed by atoms with van der Waals surface area (Å²) < 4.78 is 0. The fourth-order valence-electron chi connectivity index (χ4n) is 3.50. The lowest BCUT2D eigenvalue weighted by Gasteiger charge is -2.37. The van der Waals surface area contributed by atoms with E-state index >= 15 is 0 Å². The van der Waals surface area contributed by atoms with E-state index in [1.807, 2.05) is 25.2 Å². The molecule has 3 heterocycles. The van der Waals surface area contributed by atoms with Gasteiger partial charge in [0.05, 0.1) is 11.9 Å². The quantitative estimate of drug-likeness (QED) is 0.902. The van der Waals surface area contributed by atoms with Crippen molar-refractivity contribution in [3.63, 3.8) is 0 Å². The molecule has 2 aliphatic heterocycles. The van der Waals surface area contributed by atoms with E-state index in [0.717, 1.165) is 23.6 Å². The minimum atomic E-state index is 0.612. The van der Waals surface area contributed by atoms with Crippen LogP contribution in [0.15, 0.2) is 18.3 Å². The first-order valence-electron chi connectivity index (χ1n) is 7.25. The molecule has 3 rings (SSSR count). The number of hydrogen-bond donors (Lipinski definition) is 1. The molecule has 0 radical (unpaired) electrons. The standard InChI is InChI=1S/C15H24N4/c1-18(2)15-7-4-11(10-16-15)17-12-8-13-5-6-14(9-12)19(13)3/h4,7,10,12-14,17H,5-6,8-9H2,1-3H3. The number of aromatic nitrogens is 1. The molecule has 2 atom stereocenters. The van der Waals surface area contributed by atoms with Gasteiger partial charge < -0.3 is 15.1 Å². The molecular formula is C15H24N4. The highest BCUT2D eigenvalue weighted by Crippen LogP contribution is 2.35. The number of pyridine rings is 1. The Bertz CT molecular complexity index is 414. The van der Waals surface area contributed by atoms with Gasteiger partial charge in [0.1, 0.15) is 5.82 Å². The summed E-state index contributed by atoms with van der Waals surface area (Å²) >= 11 is 0. The summed E-state index contributed by atoms with van der Waals surface area (Å²) in [5, 5.41) is 3.66. The summed E-state index contributed by atoms with van der Waals surface area (Å²) in [6.07, 6.45) is 7.23. The van der Waals surface area contributed by atoms with Crippen LogP contribution in [0.5, 0.6) is 0 Å². The zero-order valence-electron chi connectivity index (χ0n) is 12.1. The van der Waals surface area contributed by atoms with Gasteiger partial charge in [0.25, 0.3) is 0 Å². The van der Waals surface area contributed by atoms with Gasteiger partial charge in [-0.15, -0.1) is 0 Å². The molecule has 2 unspecified atom stereocenters. The van der Waals surface area contributed by atoms with Gasteiger partial charge in [-0.2, -0.15) is 0 Å². The third-order valence-corrected chi connectivity index (χ3v) is 4.68. The lowest BCUT2D eigenvalue weighted by molar-refractivity contribution is 0.169. The van der Waals surface area contributed by atoms with Crippen molar-refractivity contribution in [1.29, 1.82) is 0 Å². The molecule has 2 fully saturated rings. The molecule has 2 saturated heterocycles. The third-order valence-electron chi connectivity index (χ3n) is 4.68. The lowest BCUT2D eigenvalue weighted by Crippen LogP contribution is -2.44. The Morgan fingerprint density at radius 2 is 1.89 bits per heavy atom. The Labute approximate surface area is 115 Å². The van der Waals surface area contributed by atoms with Gasteiger partial charge in [-0.3, -0.25) is 0 Å². The number of nitrogens with one attached hydrogen (secondary N) is 1. The predicted molar refractivity (Wildman–Crippen MR) is 79.8 cm³/mol. The van der Waals surface area contributed by atoms with Gasteiger partial charge in [-0.05, 0) is 44.9 Å². The zero-order chi connectivity index (χ0) is 13.4. The second kappa shape index (κ2) is 5.00. The first-order valence-corrected chi connectivity index (χ1v) is 7.25. The summed E-state index contributed by atoms with van der Waals surface area (Å²) in [4.78, 5) is 9.07. The molecule has 104 valence electrons. The molecule has 4 heteroatoms. The number of hydrogen-bond acceptors (Lipinski definition) is 4. The topological polar surface area (TPSA) is 31.4 Å². The van der Waals surface area contributed by atoms with E-state index in [-0.39, 0.29) is 0 Å². The first kappa shape index (κ1) is 12.7. The average Bonchev–Trinajstić information content (AvgIpc) is 2.63. The van der Waals surface area contributed by atoms with E-state index in [9.17, 15) is 0 Å². The summed E-state index contributed by atoms with van der Waals surface area (Å²) in [6, 6.07) is 6.39. The van der Waals surface area contributed by atoms with Crippen LogP contribution in [0.4, 0.5) is 11.5 Å². The highest BCUT2D eigenvalue weighted by atomic mass is 15.2. The Hall–Kier alpha value is -1.29. The first-order chi connectivity index (χ1) is 9.13. The maximum Gasteiger partial charge on any atom is 0.128 e. The molecule has 1 aromatic heterocycles. The maximum atomic E-state index is 4.47. The summed E-state index contributed by atoms with van der Waals surface area (Å²) in [7, 11) is 6.32. The number of rotatable bonds is 3. The van der Waals surface area contributed by atoms with Gasteiger partial charge in [0.2, 0.25) is 0 Å². The maximum absolute atomic E-state index is 4.47. The molecule has 0 aromatic carbocycles. The van der Waals surface area contributed by atoms with Gasteiger partial charge in [-0.1, -0.05) is 0 Å². The molecule has 19 heavy (non-hydrogen) atoms. The second-order valence-corrected chi connectivity index (χ2v) is 6.16. The highest BCUT2D eigenvalue weighted by molar-refractivity contribution is 5.48. The highest BCUT2D eigenvalue weighted by Gasteiger charge is 2.38. The fraction of sp³-hybridized carbons (Fsp3) is 0.667. The van der Waals surface area contributed by atoms with Crippen molar-refractivity contribution in [2.24, 2.45) is 0 Å². The summed E-state index contributed by atoms with van der Waals surface area (Å²) in [6.45, 7) is 0. The van der Waals surface area contributed by atoms with Crippen LogP contribution in [0, 0.1) is 0 Å². The summed E-state index contributed by atoms with van der Waals surface area (Å²) in [5.74, 6) is 1.01. The van der Waals surface area contributed by atoms with Crippen LogP contribution >= 0.6 is 0 Å². The molecule has 4 nitrogen and oxygen atoms in total. The van der Waals surface area contributed by atoms with E-state index < -0.39 is 0 Å². The fourth-order valence-corrected chi connectivity index (χ4v) is 3.50. The number of anilines is 2. The molecule has 0 aliphatic carbocycles. The van der Waals surface area contributed by atoms with E-state index in [0.29, 0.717) is 6.04 Å². The Balaban J connectivity index is 1.63. The van der Waals surface area contributed by atoms with Crippen LogP contribution in [0.3, 0.4) is 0 Å². The molecule has 0 spiro atoms. The molecule has 1 aromatic rings. The van der Waals surface area contributed by atoms with E-state index in [1.54, 1.807) is 0 Å². The van der Waals surface area contributed by atoms with Gasteiger partial charge in [0, 0.05) is 32.2 Å². The molecule has 2 aliphatic rings. The smallest absolute Gasteiger partial charge is 0.128 e. The Morgan fingerprint density at radius 3 is 2.42 bits per heavy atom. The monoisotopic (exact) mass is 260 g/mol. The second-order valence-electron chi connectivity index (χ2n) is 6.16. The largest absolute Gasteiger partial charge is 0.381 e. The van der Waals surface area contributed by atoms with Crippen LogP contribution in [0.25, 0.3) is 0 Å². The summed E-state index contributed by atoms with van der Waals surface area (Å²) in [5.41, 5.74) is 1.15. The molecular weight excluding hydrogens is 236 g/mol. The van der Waals surface area contributed by atoms with Crippen molar-refractivity contribution in [3.05, 3.63) is 18.3 Å². The van der Waals surface area contributed by atoms with Crippen molar-refractivity contribution in [2.75, 3.05) is 31.4 Å². The van der Waals surface area contributed by atoms with Crippen molar-refractivity contribution < 1.29 is 0 Å². The molecule has 1 N–H and O–H groups in total. The van der Waals surface area contributed by atoms with E-state index in [1.165, 1.54) is 25.7 Å². The average molecular weight is 260 g/mol. The van der Waals surface area contributed by atoms with Gasteiger partial charge >= 0.3 is 0 Å². The molecule has 0 saturated carbocycles. The van der Waals surface area contributed by atoms with Crippen LogP contribution in [0.2, 0.25) is 0 Å². The Kier molecular flexibility index (Phi) is 3.35. The van der Waals surface area contributed by atoms with Crippen molar-refractivity contribution in [2.45, 2.75) is 43.8 Å². The van der Waals surface area contributed by atoms with Gasteiger partial charge in [-0.25, -0.2) is 4.98 Å². The van der Waals surface area contributed by atoms with E-state index in [4.69, 9.17) is 0 Å². The third kappa shape index (κ3) is 2.54. The van der Waals surface area contributed by atoms with Crippen LogP contribution in [-0.2, 0) is 0 Å². The van der Waals surface area contributed by atoms with Crippen molar-refractivity contribution >= 4 is 11.5 Å². The van der Waals surface area contributed by atoms with Crippen LogP contribution < -0.4 is 10.2 Å². The number of nitrogens with zero attached hydrogens (tertiary/aromatic N) is 3. The molecule has 2 bridgehead atoms. The van der Waals surface area contributed by atoms with E-state index in [2.05, 4.69) is 34.4 Å². The molecule has 0 amide bonds. The minimum Gasteiger partial charge on any atom is -0.381 e. The van der Waals surface area contributed by atoms with Gasteiger partial charge in [0.15, 0.2) is 0 Å². The van der Waals surface area contributed by atoms with Crippen LogP contribution in [0.1, 0.15) is 25.7 Å². The zero-order valence-corrected chi connectivity index (χ0v) is 12.1. The van der Waals surface area contributed by atoms with Crippen molar-refractivity contribution in [3.8, 4) is 0 Å². The normalized spacial score (nSPS) is 30.4. The van der Waals surface area contributed by atoms with Crippen molar-refractivity contribution in [1.82, 2.24) is 9.88 Å². The van der Waals surface area contributed by atoms with Crippen LogP contribution in [-0.4, -0.2) is 49.2 Å². The SMILES string of the molecule is CN(C)c1ccc(NC2CC3CCC(C2)N3C)cn1. The minimum absolute atomic E-state index is 0.612. The number of piperidine rings is 1. The predicted octanol–water partition coefficient (Wildman–Crippen LogP) is 2.18. The lowest BCUT2D eigenvalue weighted by atomic mass is 9.98.